The zero-order valence-electron chi connectivity index (χ0n) is 10.8. The molecule has 0 spiro atoms. The molecular weight excluding hydrogens is 234 g/mol. The van der Waals surface area contributed by atoms with Crippen LogP contribution in [0.4, 0.5) is 5.95 Å². The summed E-state index contributed by atoms with van der Waals surface area (Å²) in [6, 6.07) is 0. The molecule has 0 aliphatic carbocycles. The molecule has 0 atom stereocenters. The molecule has 0 amide bonds. The Bertz CT molecular complexity index is 375. The summed E-state index contributed by atoms with van der Waals surface area (Å²) in [6.07, 6.45) is 3.77. The monoisotopic (exact) mass is 253 g/mol. The van der Waals surface area contributed by atoms with Crippen molar-refractivity contribution in [1.82, 2.24) is 9.97 Å². The minimum Gasteiger partial charge on any atom is -0.341 e. The van der Waals surface area contributed by atoms with Crippen LogP contribution >= 0.6 is 11.6 Å². The minimum absolute atomic E-state index is 0.373. The van der Waals surface area contributed by atoms with Crippen LogP contribution in [-0.4, -0.2) is 23.1 Å². The van der Waals surface area contributed by atoms with E-state index < -0.39 is 0 Å². The lowest BCUT2D eigenvalue weighted by molar-refractivity contribution is 0.567. The molecule has 4 heteroatoms. The average molecular weight is 254 g/mol. The van der Waals surface area contributed by atoms with E-state index in [1.54, 1.807) is 0 Å². The van der Waals surface area contributed by atoms with Gasteiger partial charge in [0.15, 0.2) is 0 Å². The Morgan fingerprint density at radius 1 is 1.12 bits per heavy atom. The van der Waals surface area contributed by atoms with Crippen LogP contribution in [0.25, 0.3) is 0 Å². The van der Waals surface area contributed by atoms with E-state index in [0.717, 1.165) is 30.3 Å². The summed E-state index contributed by atoms with van der Waals surface area (Å²) in [7, 11) is 0. The third kappa shape index (κ3) is 2.71. The number of halogens is 1. The number of rotatable bonds is 2. The van der Waals surface area contributed by atoms with Gasteiger partial charge in [-0.25, -0.2) is 9.97 Å². The van der Waals surface area contributed by atoms with Crippen LogP contribution in [0.3, 0.4) is 0 Å². The van der Waals surface area contributed by atoms with Crippen LogP contribution in [-0.2, 0) is 0 Å². The molecule has 0 bridgehead atoms. The smallest absolute Gasteiger partial charge is 0.226 e. The Morgan fingerprint density at radius 3 is 2.29 bits per heavy atom. The molecule has 1 fully saturated rings. The molecule has 0 saturated carbocycles. The fourth-order valence-electron chi connectivity index (χ4n) is 2.42. The largest absolute Gasteiger partial charge is 0.341 e. The van der Waals surface area contributed by atoms with Gasteiger partial charge in [0.25, 0.3) is 0 Å². The van der Waals surface area contributed by atoms with Crippen molar-refractivity contribution in [2.45, 2.75) is 46.0 Å². The molecule has 17 heavy (non-hydrogen) atoms. The standard InChI is InChI=1S/C13H20ClN3/c1-9(2)11-10(3)15-13(16-12(11)14)17-7-5-4-6-8-17/h9H,4-8H2,1-3H3. The summed E-state index contributed by atoms with van der Waals surface area (Å²) in [6.45, 7) is 8.38. The normalized spacial score (nSPS) is 16.6. The first-order valence-electron chi connectivity index (χ1n) is 6.38. The van der Waals surface area contributed by atoms with Crippen molar-refractivity contribution < 1.29 is 0 Å². The number of aryl methyl sites for hydroxylation is 1. The fraction of sp³-hybridized carbons (Fsp3) is 0.692. The molecule has 1 aromatic rings. The molecule has 3 nitrogen and oxygen atoms in total. The van der Waals surface area contributed by atoms with Crippen molar-refractivity contribution in [2.24, 2.45) is 0 Å². The van der Waals surface area contributed by atoms with Crippen molar-refractivity contribution >= 4 is 17.5 Å². The average Bonchev–Trinajstić information content (AvgIpc) is 2.28. The number of anilines is 1. The Labute approximate surface area is 108 Å². The molecule has 1 aliphatic rings. The summed E-state index contributed by atoms with van der Waals surface area (Å²) in [5.74, 6) is 1.18. The van der Waals surface area contributed by atoms with Gasteiger partial charge in [-0.1, -0.05) is 25.4 Å². The Morgan fingerprint density at radius 2 is 1.76 bits per heavy atom. The highest BCUT2D eigenvalue weighted by atomic mass is 35.5. The lowest BCUT2D eigenvalue weighted by Crippen LogP contribution is -2.31. The van der Waals surface area contributed by atoms with Crippen LogP contribution in [0.5, 0.6) is 0 Å². The number of nitrogens with zero attached hydrogens (tertiary/aromatic N) is 3. The fourth-order valence-corrected chi connectivity index (χ4v) is 2.85. The van der Waals surface area contributed by atoms with Gasteiger partial charge < -0.3 is 4.90 Å². The maximum Gasteiger partial charge on any atom is 0.226 e. The van der Waals surface area contributed by atoms with Crippen LogP contribution < -0.4 is 4.90 Å². The zero-order chi connectivity index (χ0) is 12.4. The van der Waals surface area contributed by atoms with Crippen molar-refractivity contribution in [3.63, 3.8) is 0 Å². The third-order valence-corrected chi connectivity index (χ3v) is 3.58. The lowest BCUT2D eigenvalue weighted by Gasteiger charge is -2.27. The second-order valence-electron chi connectivity index (χ2n) is 5.02. The Kier molecular flexibility index (Phi) is 3.87. The second kappa shape index (κ2) is 5.21. The van der Waals surface area contributed by atoms with Crippen LogP contribution in [0.15, 0.2) is 0 Å². The highest BCUT2D eigenvalue weighted by Gasteiger charge is 2.18. The first-order chi connectivity index (χ1) is 8.09. The maximum absolute atomic E-state index is 6.27. The SMILES string of the molecule is Cc1nc(N2CCCCC2)nc(Cl)c1C(C)C. The van der Waals surface area contributed by atoms with Gasteiger partial charge in [0.05, 0.1) is 0 Å². The van der Waals surface area contributed by atoms with Crippen LogP contribution in [0.2, 0.25) is 5.15 Å². The predicted octanol–water partition coefficient (Wildman–Crippen LogP) is 3.55. The summed E-state index contributed by atoms with van der Waals surface area (Å²) in [5.41, 5.74) is 2.09. The quantitative estimate of drug-likeness (QED) is 0.755. The zero-order valence-corrected chi connectivity index (χ0v) is 11.6. The number of hydrogen-bond acceptors (Lipinski definition) is 3. The minimum atomic E-state index is 0.373. The van der Waals surface area contributed by atoms with Gasteiger partial charge in [-0.3, -0.25) is 0 Å². The van der Waals surface area contributed by atoms with Gasteiger partial charge in [0, 0.05) is 24.3 Å². The lowest BCUT2D eigenvalue weighted by atomic mass is 10.0. The van der Waals surface area contributed by atoms with Crippen LogP contribution in [0.1, 0.15) is 50.3 Å². The van der Waals surface area contributed by atoms with Gasteiger partial charge >= 0.3 is 0 Å². The molecular formula is C13H20ClN3. The van der Waals surface area contributed by atoms with E-state index in [9.17, 15) is 0 Å². The Hall–Kier alpha value is -0.830. The van der Waals surface area contributed by atoms with Crippen molar-refractivity contribution in [2.75, 3.05) is 18.0 Å². The molecule has 2 heterocycles. The molecule has 1 aromatic heterocycles. The van der Waals surface area contributed by atoms with Gasteiger partial charge in [0.2, 0.25) is 5.95 Å². The third-order valence-electron chi connectivity index (χ3n) is 3.29. The van der Waals surface area contributed by atoms with Gasteiger partial charge in [0.1, 0.15) is 5.15 Å². The van der Waals surface area contributed by atoms with E-state index in [0.29, 0.717) is 11.1 Å². The molecule has 0 aromatic carbocycles. The molecule has 2 rings (SSSR count). The van der Waals surface area contributed by atoms with E-state index in [-0.39, 0.29) is 0 Å². The molecule has 1 saturated heterocycles. The van der Waals surface area contributed by atoms with E-state index in [1.807, 2.05) is 6.92 Å². The second-order valence-corrected chi connectivity index (χ2v) is 5.37. The van der Waals surface area contributed by atoms with E-state index in [2.05, 4.69) is 28.7 Å². The molecule has 0 N–H and O–H groups in total. The van der Waals surface area contributed by atoms with Crippen molar-refractivity contribution in [3.8, 4) is 0 Å². The molecule has 0 radical (unpaired) electrons. The topological polar surface area (TPSA) is 29.0 Å². The maximum atomic E-state index is 6.27. The molecule has 0 unspecified atom stereocenters. The van der Waals surface area contributed by atoms with E-state index >= 15 is 0 Å². The number of aromatic nitrogens is 2. The summed E-state index contributed by atoms with van der Waals surface area (Å²) in [5, 5.41) is 0.619. The highest BCUT2D eigenvalue weighted by Crippen LogP contribution is 2.27. The van der Waals surface area contributed by atoms with Crippen molar-refractivity contribution in [1.29, 1.82) is 0 Å². The van der Waals surface area contributed by atoms with Gasteiger partial charge in [-0.2, -0.15) is 0 Å². The van der Waals surface area contributed by atoms with Crippen molar-refractivity contribution in [3.05, 3.63) is 16.4 Å². The van der Waals surface area contributed by atoms with E-state index in [1.165, 1.54) is 19.3 Å². The van der Waals surface area contributed by atoms with Crippen LogP contribution in [0, 0.1) is 6.92 Å². The van der Waals surface area contributed by atoms with Gasteiger partial charge in [-0.05, 0) is 32.1 Å². The first kappa shape index (κ1) is 12.6. The first-order valence-corrected chi connectivity index (χ1v) is 6.76. The van der Waals surface area contributed by atoms with E-state index in [4.69, 9.17) is 11.6 Å². The summed E-state index contributed by atoms with van der Waals surface area (Å²) >= 11 is 6.27. The van der Waals surface area contributed by atoms with Gasteiger partial charge in [-0.15, -0.1) is 0 Å². The molecule has 94 valence electrons. The number of hydrogen-bond donors (Lipinski definition) is 0. The highest BCUT2D eigenvalue weighted by molar-refractivity contribution is 6.30. The Balaban J connectivity index is 2.31. The molecule has 1 aliphatic heterocycles. The number of piperidine rings is 1. The predicted molar refractivity (Wildman–Crippen MR) is 71.9 cm³/mol. The summed E-state index contributed by atoms with van der Waals surface area (Å²) in [4.78, 5) is 11.3. The summed E-state index contributed by atoms with van der Waals surface area (Å²) < 4.78 is 0.